The number of hydrogen-bond acceptors (Lipinski definition) is 4. The van der Waals surface area contributed by atoms with Crippen LogP contribution in [-0.4, -0.2) is 36.9 Å². The van der Waals surface area contributed by atoms with Gasteiger partial charge in [0.25, 0.3) is 0 Å². The third-order valence-electron chi connectivity index (χ3n) is 3.22. The van der Waals surface area contributed by atoms with Gasteiger partial charge in [-0.2, -0.15) is 0 Å². The van der Waals surface area contributed by atoms with E-state index in [9.17, 15) is 18.6 Å². The molecule has 1 aliphatic rings. The Morgan fingerprint density at radius 3 is 2.28 bits per heavy atom. The van der Waals surface area contributed by atoms with E-state index in [1.165, 1.54) is 12.1 Å². The molecule has 0 aromatic heterocycles. The Balaban J connectivity index is 2.15. The second kappa shape index (κ2) is 4.97. The lowest BCUT2D eigenvalue weighted by atomic mass is 10.2. The Morgan fingerprint density at radius 2 is 1.78 bits per heavy atom. The van der Waals surface area contributed by atoms with Gasteiger partial charge in [0.05, 0.1) is 23.1 Å². The highest BCUT2D eigenvalue weighted by atomic mass is 32.2. The fraction of sp³-hybridized carbons (Fsp3) is 0.500. The van der Waals surface area contributed by atoms with Gasteiger partial charge in [0.2, 0.25) is 10.0 Å². The van der Waals surface area contributed by atoms with Gasteiger partial charge in [0.1, 0.15) is 0 Å². The monoisotopic (exact) mass is 271 g/mol. The Morgan fingerprint density at radius 1 is 1.17 bits per heavy atom. The molecule has 6 heteroatoms. The molecule has 18 heavy (non-hydrogen) atoms. The molecular weight excluding hydrogens is 254 g/mol. The Kier molecular flexibility index (Phi) is 3.72. The van der Waals surface area contributed by atoms with Crippen LogP contribution in [0.3, 0.4) is 0 Å². The van der Waals surface area contributed by atoms with E-state index < -0.39 is 28.3 Å². The van der Waals surface area contributed by atoms with Crippen LogP contribution in [0.5, 0.6) is 0 Å². The standard InChI is InChI=1S/C12H17NO4S/c1-8-2-4-9(5-3-8)18(16,17)13-10-6-7-11(14)12(10)15/h2-5,10-15H,6-7H2,1H3/t10-,11-,12-/m1/s1. The number of aliphatic hydroxyl groups is 2. The van der Waals surface area contributed by atoms with Crippen molar-refractivity contribution < 1.29 is 18.6 Å². The molecule has 0 bridgehead atoms. The molecule has 0 heterocycles. The summed E-state index contributed by atoms with van der Waals surface area (Å²) in [6.07, 6.45) is -1.05. The average Bonchev–Trinajstić information content (AvgIpc) is 2.61. The minimum absolute atomic E-state index is 0.168. The summed E-state index contributed by atoms with van der Waals surface area (Å²) in [7, 11) is -3.64. The quantitative estimate of drug-likeness (QED) is 0.731. The second-order valence-electron chi connectivity index (χ2n) is 4.68. The molecule has 1 aromatic rings. The zero-order valence-corrected chi connectivity index (χ0v) is 10.9. The predicted molar refractivity (Wildman–Crippen MR) is 66.5 cm³/mol. The average molecular weight is 271 g/mol. The minimum Gasteiger partial charge on any atom is -0.390 e. The van der Waals surface area contributed by atoms with Crippen molar-refractivity contribution in [1.82, 2.24) is 4.72 Å². The lowest BCUT2D eigenvalue weighted by molar-refractivity contribution is 0.0339. The van der Waals surface area contributed by atoms with Crippen molar-refractivity contribution in [2.45, 2.75) is 42.9 Å². The van der Waals surface area contributed by atoms with Crippen LogP contribution in [0.1, 0.15) is 18.4 Å². The molecule has 3 atom stereocenters. The lowest BCUT2D eigenvalue weighted by Gasteiger charge is -2.18. The van der Waals surface area contributed by atoms with Gasteiger partial charge in [-0.1, -0.05) is 17.7 Å². The number of aryl methyl sites for hydroxylation is 1. The van der Waals surface area contributed by atoms with Crippen LogP contribution >= 0.6 is 0 Å². The van der Waals surface area contributed by atoms with Crippen molar-refractivity contribution >= 4 is 10.0 Å². The highest BCUT2D eigenvalue weighted by Crippen LogP contribution is 2.22. The topological polar surface area (TPSA) is 86.6 Å². The third kappa shape index (κ3) is 2.72. The van der Waals surface area contributed by atoms with Crippen LogP contribution in [0.4, 0.5) is 0 Å². The van der Waals surface area contributed by atoms with E-state index in [0.717, 1.165) is 5.56 Å². The number of sulfonamides is 1. The molecular formula is C12H17NO4S. The smallest absolute Gasteiger partial charge is 0.240 e. The zero-order valence-electron chi connectivity index (χ0n) is 10.1. The number of nitrogens with one attached hydrogen (secondary N) is 1. The first-order chi connectivity index (χ1) is 8.40. The molecule has 1 aliphatic carbocycles. The van der Waals surface area contributed by atoms with E-state index >= 15 is 0 Å². The summed E-state index contributed by atoms with van der Waals surface area (Å²) in [5.74, 6) is 0. The summed E-state index contributed by atoms with van der Waals surface area (Å²) in [5, 5.41) is 19.0. The molecule has 0 spiro atoms. The maximum atomic E-state index is 12.0. The van der Waals surface area contributed by atoms with Gasteiger partial charge in [0.15, 0.2) is 0 Å². The van der Waals surface area contributed by atoms with E-state index in [0.29, 0.717) is 12.8 Å². The molecule has 1 fully saturated rings. The van der Waals surface area contributed by atoms with Crippen LogP contribution in [0.2, 0.25) is 0 Å². The van der Waals surface area contributed by atoms with Gasteiger partial charge < -0.3 is 10.2 Å². The Hall–Kier alpha value is -0.950. The van der Waals surface area contributed by atoms with E-state index in [-0.39, 0.29) is 4.90 Å². The van der Waals surface area contributed by atoms with Crippen molar-refractivity contribution in [3.63, 3.8) is 0 Å². The third-order valence-corrected chi connectivity index (χ3v) is 4.72. The fourth-order valence-electron chi connectivity index (χ4n) is 2.07. The van der Waals surface area contributed by atoms with Crippen molar-refractivity contribution in [3.8, 4) is 0 Å². The Labute approximate surface area is 107 Å². The molecule has 1 aromatic carbocycles. The molecule has 100 valence electrons. The number of benzene rings is 1. The Bertz CT molecular complexity index is 511. The highest BCUT2D eigenvalue weighted by Gasteiger charge is 2.36. The van der Waals surface area contributed by atoms with Crippen LogP contribution in [0.25, 0.3) is 0 Å². The fourth-order valence-corrected chi connectivity index (χ4v) is 3.36. The largest absolute Gasteiger partial charge is 0.390 e. The SMILES string of the molecule is Cc1ccc(S(=O)(=O)N[C@@H]2CC[C@@H](O)[C@@H]2O)cc1. The summed E-state index contributed by atoms with van der Waals surface area (Å²) in [6.45, 7) is 1.88. The maximum Gasteiger partial charge on any atom is 0.240 e. The maximum absolute atomic E-state index is 12.0. The molecule has 2 rings (SSSR count). The van der Waals surface area contributed by atoms with E-state index in [4.69, 9.17) is 0 Å². The van der Waals surface area contributed by atoms with Crippen molar-refractivity contribution in [1.29, 1.82) is 0 Å². The highest BCUT2D eigenvalue weighted by molar-refractivity contribution is 7.89. The van der Waals surface area contributed by atoms with Crippen molar-refractivity contribution in [2.24, 2.45) is 0 Å². The molecule has 3 N–H and O–H groups in total. The summed E-state index contributed by atoms with van der Waals surface area (Å²) < 4.78 is 26.5. The van der Waals surface area contributed by atoms with E-state index in [1.54, 1.807) is 12.1 Å². The molecule has 0 amide bonds. The second-order valence-corrected chi connectivity index (χ2v) is 6.39. The molecule has 1 saturated carbocycles. The zero-order chi connectivity index (χ0) is 13.3. The van der Waals surface area contributed by atoms with Crippen LogP contribution in [0.15, 0.2) is 29.2 Å². The molecule has 0 saturated heterocycles. The van der Waals surface area contributed by atoms with E-state index in [1.807, 2.05) is 6.92 Å². The first-order valence-corrected chi connectivity index (χ1v) is 7.33. The molecule has 0 unspecified atom stereocenters. The van der Waals surface area contributed by atoms with Gasteiger partial charge in [0, 0.05) is 0 Å². The summed E-state index contributed by atoms with van der Waals surface area (Å²) >= 11 is 0. The molecule has 0 radical (unpaired) electrons. The predicted octanol–water partition coefficient (Wildman–Crippen LogP) is 0.158. The summed E-state index contributed by atoms with van der Waals surface area (Å²) in [4.78, 5) is 0.168. The molecule has 5 nitrogen and oxygen atoms in total. The van der Waals surface area contributed by atoms with Crippen LogP contribution in [0, 0.1) is 6.92 Å². The first kappa shape index (κ1) is 13.5. The number of rotatable bonds is 3. The van der Waals surface area contributed by atoms with Crippen LogP contribution < -0.4 is 4.72 Å². The molecule has 0 aliphatic heterocycles. The van der Waals surface area contributed by atoms with Crippen LogP contribution in [-0.2, 0) is 10.0 Å². The minimum atomic E-state index is -3.64. The number of aliphatic hydroxyl groups excluding tert-OH is 2. The normalized spacial score (nSPS) is 28.5. The summed E-state index contributed by atoms with van der Waals surface area (Å²) in [5.41, 5.74) is 0.977. The first-order valence-electron chi connectivity index (χ1n) is 5.85. The van der Waals surface area contributed by atoms with Gasteiger partial charge in [-0.05, 0) is 31.9 Å². The van der Waals surface area contributed by atoms with Crippen molar-refractivity contribution in [3.05, 3.63) is 29.8 Å². The van der Waals surface area contributed by atoms with Gasteiger partial charge >= 0.3 is 0 Å². The summed E-state index contributed by atoms with van der Waals surface area (Å²) in [6, 6.07) is 5.86. The van der Waals surface area contributed by atoms with E-state index in [2.05, 4.69) is 4.72 Å². The van der Waals surface area contributed by atoms with Gasteiger partial charge in [-0.25, -0.2) is 13.1 Å². The van der Waals surface area contributed by atoms with Gasteiger partial charge in [-0.3, -0.25) is 0 Å². The number of hydrogen-bond donors (Lipinski definition) is 3. The van der Waals surface area contributed by atoms with Gasteiger partial charge in [-0.15, -0.1) is 0 Å². The van der Waals surface area contributed by atoms with Crippen molar-refractivity contribution in [2.75, 3.05) is 0 Å². The lowest BCUT2D eigenvalue weighted by Crippen LogP contribution is -2.42.